The van der Waals surface area contributed by atoms with Crippen LogP contribution < -0.4 is 11.3 Å². The molecule has 104 valence electrons. The van der Waals surface area contributed by atoms with E-state index >= 15 is 0 Å². The SMILES string of the molecule is CCCCCCCCCC(CC(F)(F)F)NN. The molecule has 0 aromatic carbocycles. The molecule has 0 radical (unpaired) electrons. The second-order valence-corrected chi connectivity index (χ2v) is 4.59. The summed E-state index contributed by atoms with van der Waals surface area (Å²) < 4.78 is 36.3. The Morgan fingerprint density at radius 3 is 2.00 bits per heavy atom. The van der Waals surface area contributed by atoms with E-state index in [-0.39, 0.29) is 0 Å². The Hall–Kier alpha value is -0.290. The van der Waals surface area contributed by atoms with Crippen LogP contribution >= 0.6 is 0 Å². The zero-order valence-electron chi connectivity index (χ0n) is 10.7. The third-order valence-corrected chi connectivity index (χ3v) is 2.87. The van der Waals surface area contributed by atoms with Gasteiger partial charge in [0.25, 0.3) is 0 Å². The van der Waals surface area contributed by atoms with Crippen LogP contribution in [0.5, 0.6) is 0 Å². The summed E-state index contributed by atoms with van der Waals surface area (Å²) in [5, 5.41) is 0. The third kappa shape index (κ3) is 12.0. The summed E-state index contributed by atoms with van der Waals surface area (Å²) in [5.74, 6) is 5.11. The van der Waals surface area contributed by atoms with Crippen LogP contribution in [-0.4, -0.2) is 12.2 Å². The number of rotatable bonds is 10. The highest BCUT2D eigenvalue weighted by Gasteiger charge is 2.30. The van der Waals surface area contributed by atoms with Crippen molar-refractivity contribution in [2.45, 2.75) is 76.9 Å². The molecule has 0 aromatic rings. The lowest BCUT2D eigenvalue weighted by Gasteiger charge is -2.17. The van der Waals surface area contributed by atoms with Crippen LogP contribution in [0.15, 0.2) is 0 Å². The fourth-order valence-electron chi connectivity index (χ4n) is 1.87. The van der Waals surface area contributed by atoms with Crippen LogP contribution in [0, 0.1) is 0 Å². The highest BCUT2D eigenvalue weighted by Crippen LogP contribution is 2.23. The van der Waals surface area contributed by atoms with Crippen LogP contribution in [0.3, 0.4) is 0 Å². The first kappa shape index (κ1) is 16.7. The van der Waals surface area contributed by atoms with E-state index in [9.17, 15) is 13.2 Å². The zero-order chi connectivity index (χ0) is 13.1. The molecule has 0 amide bonds. The quantitative estimate of drug-likeness (QED) is 0.352. The fourth-order valence-corrected chi connectivity index (χ4v) is 1.87. The number of nitrogens with two attached hydrogens (primary N) is 1. The number of hydrazine groups is 1. The van der Waals surface area contributed by atoms with Crippen molar-refractivity contribution in [1.29, 1.82) is 0 Å². The summed E-state index contributed by atoms with van der Waals surface area (Å²) in [6, 6.07) is -0.634. The highest BCUT2D eigenvalue weighted by atomic mass is 19.4. The number of hydrogen-bond acceptors (Lipinski definition) is 2. The van der Waals surface area contributed by atoms with Gasteiger partial charge in [-0.1, -0.05) is 51.9 Å². The van der Waals surface area contributed by atoms with E-state index in [4.69, 9.17) is 5.84 Å². The van der Waals surface area contributed by atoms with Gasteiger partial charge in [-0.05, 0) is 6.42 Å². The number of unbranched alkanes of at least 4 members (excludes halogenated alkanes) is 6. The summed E-state index contributed by atoms with van der Waals surface area (Å²) >= 11 is 0. The average molecular weight is 254 g/mol. The second-order valence-electron chi connectivity index (χ2n) is 4.59. The van der Waals surface area contributed by atoms with Crippen molar-refractivity contribution in [1.82, 2.24) is 5.43 Å². The van der Waals surface area contributed by atoms with Gasteiger partial charge in [0.05, 0.1) is 6.42 Å². The van der Waals surface area contributed by atoms with Crippen molar-refractivity contribution in [2.75, 3.05) is 0 Å². The summed E-state index contributed by atoms with van der Waals surface area (Å²) in [6.45, 7) is 2.16. The molecule has 0 aliphatic carbocycles. The Labute approximate surface area is 102 Å². The molecule has 5 heteroatoms. The van der Waals surface area contributed by atoms with Gasteiger partial charge in [-0.25, -0.2) is 0 Å². The predicted molar refractivity (Wildman–Crippen MR) is 64.4 cm³/mol. The Morgan fingerprint density at radius 1 is 1.00 bits per heavy atom. The van der Waals surface area contributed by atoms with E-state index in [0.29, 0.717) is 6.42 Å². The first-order valence-corrected chi connectivity index (χ1v) is 6.52. The topological polar surface area (TPSA) is 38.0 Å². The Bertz CT molecular complexity index is 172. The van der Waals surface area contributed by atoms with E-state index < -0.39 is 18.6 Å². The minimum absolute atomic E-state index is 0.504. The Morgan fingerprint density at radius 2 is 1.53 bits per heavy atom. The molecule has 0 fully saturated rings. The van der Waals surface area contributed by atoms with Crippen LogP contribution in [-0.2, 0) is 0 Å². The van der Waals surface area contributed by atoms with Crippen LogP contribution in [0.4, 0.5) is 13.2 Å². The molecule has 0 saturated heterocycles. The van der Waals surface area contributed by atoms with Crippen molar-refractivity contribution in [3.63, 3.8) is 0 Å². The zero-order valence-corrected chi connectivity index (χ0v) is 10.7. The van der Waals surface area contributed by atoms with Crippen molar-refractivity contribution in [3.05, 3.63) is 0 Å². The van der Waals surface area contributed by atoms with Gasteiger partial charge in [0.2, 0.25) is 0 Å². The van der Waals surface area contributed by atoms with Gasteiger partial charge in [-0.3, -0.25) is 11.3 Å². The molecule has 0 aromatic heterocycles. The monoisotopic (exact) mass is 254 g/mol. The average Bonchev–Trinajstić information content (AvgIpc) is 2.24. The van der Waals surface area contributed by atoms with Gasteiger partial charge >= 0.3 is 6.18 Å². The van der Waals surface area contributed by atoms with Gasteiger partial charge in [0.1, 0.15) is 0 Å². The Kier molecular flexibility index (Phi) is 9.55. The van der Waals surface area contributed by atoms with Crippen molar-refractivity contribution in [3.8, 4) is 0 Å². The van der Waals surface area contributed by atoms with Gasteiger partial charge in [0.15, 0.2) is 0 Å². The molecular formula is C12H25F3N2. The van der Waals surface area contributed by atoms with Gasteiger partial charge in [-0.15, -0.1) is 0 Å². The van der Waals surface area contributed by atoms with Crippen LogP contribution in [0.1, 0.15) is 64.7 Å². The minimum atomic E-state index is -4.13. The predicted octanol–water partition coefficient (Wildman–Crippen LogP) is 3.91. The first-order chi connectivity index (χ1) is 7.99. The normalized spacial score (nSPS) is 13.9. The molecular weight excluding hydrogens is 229 g/mol. The molecule has 0 spiro atoms. The van der Waals surface area contributed by atoms with Crippen molar-refractivity contribution in [2.24, 2.45) is 5.84 Å². The molecule has 1 unspecified atom stereocenters. The van der Waals surface area contributed by atoms with Crippen LogP contribution in [0.2, 0.25) is 0 Å². The van der Waals surface area contributed by atoms with Gasteiger partial charge < -0.3 is 0 Å². The Balaban J connectivity index is 3.44. The lowest BCUT2D eigenvalue weighted by Crippen LogP contribution is -2.38. The number of nitrogens with one attached hydrogen (secondary N) is 1. The maximum Gasteiger partial charge on any atom is 0.390 e. The molecule has 17 heavy (non-hydrogen) atoms. The highest BCUT2D eigenvalue weighted by molar-refractivity contribution is 4.68. The molecule has 0 aliphatic rings. The summed E-state index contributed by atoms with van der Waals surface area (Å²) in [6.07, 6.45) is 3.36. The largest absolute Gasteiger partial charge is 0.390 e. The fraction of sp³-hybridized carbons (Fsp3) is 1.00. The van der Waals surface area contributed by atoms with Crippen LogP contribution in [0.25, 0.3) is 0 Å². The number of alkyl halides is 3. The standard InChI is InChI=1S/C12H25F3N2/c1-2-3-4-5-6-7-8-9-11(17-16)10-12(13,14)15/h11,17H,2-10,16H2,1H3. The van der Waals surface area contributed by atoms with Crippen molar-refractivity contribution >= 4 is 0 Å². The molecule has 0 rings (SSSR count). The molecule has 1 atom stereocenters. The lowest BCUT2D eigenvalue weighted by molar-refractivity contribution is -0.140. The maximum absolute atomic E-state index is 12.1. The van der Waals surface area contributed by atoms with E-state index in [1.54, 1.807) is 0 Å². The maximum atomic E-state index is 12.1. The van der Waals surface area contributed by atoms with E-state index in [1.807, 2.05) is 0 Å². The molecule has 2 nitrogen and oxygen atoms in total. The minimum Gasteiger partial charge on any atom is -0.271 e. The summed E-state index contributed by atoms with van der Waals surface area (Å²) in [4.78, 5) is 0. The first-order valence-electron chi connectivity index (χ1n) is 6.52. The van der Waals surface area contributed by atoms with Gasteiger partial charge in [0, 0.05) is 6.04 Å². The van der Waals surface area contributed by atoms with E-state index in [1.165, 1.54) is 25.7 Å². The third-order valence-electron chi connectivity index (χ3n) is 2.87. The number of halogens is 3. The van der Waals surface area contributed by atoms with E-state index in [0.717, 1.165) is 19.3 Å². The second kappa shape index (κ2) is 9.71. The molecule has 0 aliphatic heterocycles. The molecule has 0 saturated carbocycles. The lowest BCUT2D eigenvalue weighted by atomic mass is 10.0. The number of hydrogen-bond donors (Lipinski definition) is 2. The summed E-state index contributed by atoms with van der Waals surface area (Å²) in [5.41, 5.74) is 2.25. The summed E-state index contributed by atoms with van der Waals surface area (Å²) in [7, 11) is 0. The molecule has 0 heterocycles. The molecule has 0 bridgehead atoms. The smallest absolute Gasteiger partial charge is 0.271 e. The van der Waals surface area contributed by atoms with Crippen molar-refractivity contribution < 1.29 is 13.2 Å². The molecule has 3 N–H and O–H groups in total. The van der Waals surface area contributed by atoms with E-state index in [2.05, 4.69) is 12.3 Å². The van der Waals surface area contributed by atoms with Gasteiger partial charge in [-0.2, -0.15) is 13.2 Å².